The van der Waals surface area contributed by atoms with Gasteiger partial charge in [-0.15, -0.1) is 0 Å². The number of benzene rings is 2. The summed E-state index contributed by atoms with van der Waals surface area (Å²) < 4.78 is 0. The Bertz CT molecular complexity index is 610. The van der Waals surface area contributed by atoms with Gasteiger partial charge in [-0.2, -0.15) is 0 Å². The third kappa shape index (κ3) is 1.84. The van der Waals surface area contributed by atoms with E-state index in [2.05, 4.69) is 37.3 Å². The van der Waals surface area contributed by atoms with Crippen LogP contribution in [0.1, 0.15) is 47.7 Å². The molecule has 0 amide bonds. The Morgan fingerprint density at radius 3 is 2.89 bits per heavy atom. The molecule has 1 aliphatic carbocycles. The smallest absolute Gasteiger partial charge is 0.163 e. The van der Waals surface area contributed by atoms with Crippen molar-refractivity contribution in [3.8, 4) is 0 Å². The molecule has 1 heteroatoms. The van der Waals surface area contributed by atoms with Crippen LogP contribution in [-0.4, -0.2) is 5.78 Å². The summed E-state index contributed by atoms with van der Waals surface area (Å²) >= 11 is 0. The van der Waals surface area contributed by atoms with Crippen LogP contribution in [0.2, 0.25) is 0 Å². The van der Waals surface area contributed by atoms with Crippen molar-refractivity contribution >= 4 is 16.6 Å². The third-order valence-electron chi connectivity index (χ3n) is 3.86. The highest BCUT2D eigenvalue weighted by molar-refractivity contribution is 6.02. The first kappa shape index (κ1) is 11.5. The van der Waals surface area contributed by atoms with Crippen molar-refractivity contribution in [2.24, 2.45) is 0 Å². The van der Waals surface area contributed by atoms with Gasteiger partial charge in [-0.3, -0.25) is 4.79 Å². The summed E-state index contributed by atoms with van der Waals surface area (Å²) in [4.78, 5) is 11.9. The van der Waals surface area contributed by atoms with Gasteiger partial charge in [-0.1, -0.05) is 37.6 Å². The largest absolute Gasteiger partial charge is 0.294 e. The molecular weight excluding hydrogens is 220 g/mol. The van der Waals surface area contributed by atoms with Crippen LogP contribution >= 0.6 is 0 Å². The molecule has 92 valence electrons. The normalized spacial score (nSPS) is 14.8. The van der Waals surface area contributed by atoms with Crippen molar-refractivity contribution in [1.29, 1.82) is 0 Å². The third-order valence-corrected chi connectivity index (χ3v) is 3.86. The summed E-state index contributed by atoms with van der Waals surface area (Å²) in [6.07, 6.45) is 5.05. The summed E-state index contributed by atoms with van der Waals surface area (Å²) in [6.45, 7) is 2.21. The Kier molecular flexibility index (Phi) is 2.91. The number of Topliss-reactive ketones (excluding diaryl/α,β-unsaturated/α-hetero) is 1. The van der Waals surface area contributed by atoms with E-state index in [-0.39, 0.29) is 0 Å². The summed E-state index contributed by atoms with van der Waals surface area (Å²) in [5.41, 5.74) is 3.63. The lowest BCUT2D eigenvalue weighted by Gasteiger charge is -2.16. The second kappa shape index (κ2) is 4.56. The Hall–Kier alpha value is -1.63. The van der Waals surface area contributed by atoms with Gasteiger partial charge in [0.15, 0.2) is 5.78 Å². The zero-order chi connectivity index (χ0) is 12.5. The molecule has 3 rings (SSSR count). The standard InChI is InChI=1S/C17H18O/c1-2-5-12-6-3-7-13-11-16-14(10-15(12)13)8-4-9-17(16)18/h3,6-7,10-11H,2,4-5,8-9H2,1H3. The molecule has 0 atom stereocenters. The average molecular weight is 238 g/mol. The van der Waals surface area contributed by atoms with Gasteiger partial charge in [0.05, 0.1) is 0 Å². The molecule has 18 heavy (non-hydrogen) atoms. The van der Waals surface area contributed by atoms with Gasteiger partial charge in [0.1, 0.15) is 0 Å². The fraction of sp³-hybridized carbons (Fsp3) is 0.353. The molecule has 0 saturated heterocycles. The van der Waals surface area contributed by atoms with Crippen LogP contribution in [0.5, 0.6) is 0 Å². The number of carbonyl (C=O) groups is 1. The number of rotatable bonds is 2. The highest BCUT2D eigenvalue weighted by atomic mass is 16.1. The van der Waals surface area contributed by atoms with Crippen LogP contribution in [0, 0.1) is 0 Å². The maximum atomic E-state index is 11.9. The van der Waals surface area contributed by atoms with Crippen LogP contribution in [0.3, 0.4) is 0 Å². The molecule has 1 aliphatic rings. The zero-order valence-corrected chi connectivity index (χ0v) is 10.8. The van der Waals surface area contributed by atoms with E-state index in [0.29, 0.717) is 12.2 Å². The fourth-order valence-electron chi connectivity index (χ4n) is 2.96. The molecule has 0 fully saturated rings. The van der Waals surface area contributed by atoms with Gasteiger partial charge >= 0.3 is 0 Å². The Labute approximate surface area is 108 Å². The average Bonchev–Trinajstić information content (AvgIpc) is 2.38. The van der Waals surface area contributed by atoms with Crippen LogP contribution in [-0.2, 0) is 12.8 Å². The SMILES string of the molecule is CCCc1cccc2cc3c(cc12)CCCC3=O. The molecule has 0 bridgehead atoms. The summed E-state index contributed by atoms with van der Waals surface area (Å²) in [5, 5.41) is 2.56. The van der Waals surface area contributed by atoms with E-state index >= 15 is 0 Å². The first-order chi connectivity index (χ1) is 8.79. The molecule has 0 aliphatic heterocycles. The lowest BCUT2D eigenvalue weighted by molar-refractivity contribution is 0.0972. The maximum absolute atomic E-state index is 11.9. The van der Waals surface area contributed by atoms with Crippen molar-refractivity contribution in [3.05, 3.63) is 47.0 Å². The van der Waals surface area contributed by atoms with Gasteiger partial charge in [-0.25, -0.2) is 0 Å². The molecule has 0 heterocycles. The molecule has 2 aromatic carbocycles. The quantitative estimate of drug-likeness (QED) is 0.762. The number of aryl methyl sites for hydroxylation is 2. The minimum Gasteiger partial charge on any atom is -0.294 e. The van der Waals surface area contributed by atoms with Crippen molar-refractivity contribution in [2.75, 3.05) is 0 Å². The van der Waals surface area contributed by atoms with E-state index in [0.717, 1.165) is 31.2 Å². The molecule has 0 unspecified atom stereocenters. The van der Waals surface area contributed by atoms with E-state index in [1.54, 1.807) is 0 Å². The molecule has 0 aromatic heterocycles. The van der Waals surface area contributed by atoms with E-state index in [9.17, 15) is 4.79 Å². The van der Waals surface area contributed by atoms with Gasteiger partial charge in [0.25, 0.3) is 0 Å². The van der Waals surface area contributed by atoms with Crippen LogP contribution in [0.15, 0.2) is 30.3 Å². The lowest BCUT2D eigenvalue weighted by Crippen LogP contribution is -2.10. The molecular formula is C17H18O. The minimum atomic E-state index is 0.319. The highest BCUT2D eigenvalue weighted by Crippen LogP contribution is 2.29. The van der Waals surface area contributed by atoms with Gasteiger partial charge in [-0.05, 0) is 47.2 Å². The first-order valence-corrected chi connectivity index (χ1v) is 6.87. The highest BCUT2D eigenvalue weighted by Gasteiger charge is 2.18. The van der Waals surface area contributed by atoms with Crippen LogP contribution in [0.25, 0.3) is 10.8 Å². The first-order valence-electron chi connectivity index (χ1n) is 6.87. The topological polar surface area (TPSA) is 17.1 Å². The number of hydrogen-bond acceptors (Lipinski definition) is 1. The molecule has 2 aromatic rings. The van der Waals surface area contributed by atoms with E-state index in [1.165, 1.54) is 21.9 Å². The van der Waals surface area contributed by atoms with Gasteiger partial charge < -0.3 is 0 Å². The van der Waals surface area contributed by atoms with E-state index in [4.69, 9.17) is 0 Å². The Morgan fingerprint density at radius 2 is 2.06 bits per heavy atom. The number of carbonyl (C=O) groups excluding carboxylic acids is 1. The maximum Gasteiger partial charge on any atom is 0.163 e. The van der Waals surface area contributed by atoms with E-state index in [1.807, 2.05) is 0 Å². The van der Waals surface area contributed by atoms with Gasteiger partial charge in [0.2, 0.25) is 0 Å². The molecule has 0 saturated carbocycles. The molecule has 0 N–H and O–H groups in total. The number of ketones is 1. The predicted octanol–water partition coefficient (Wildman–Crippen LogP) is 4.31. The van der Waals surface area contributed by atoms with Crippen molar-refractivity contribution in [3.63, 3.8) is 0 Å². The minimum absolute atomic E-state index is 0.319. The van der Waals surface area contributed by atoms with Crippen molar-refractivity contribution in [1.82, 2.24) is 0 Å². The van der Waals surface area contributed by atoms with E-state index < -0.39 is 0 Å². The second-order valence-electron chi connectivity index (χ2n) is 5.17. The predicted molar refractivity (Wildman–Crippen MR) is 75.2 cm³/mol. The van der Waals surface area contributed by atoms with Crippen LogP contribution < -0.4 is 0 Å². The second-order valence-corrected chi connectivity index (χ2v) is 5.17. The van der Waals surface area contributed by atoms with Gasteiger partial charge in [0, 0.05) is 12.0 Å². The fourth-order valence-corrected chi connectivity index (χ4v) is 2.96. The molecule has 0 radical (unpaired) electrons. The summed E-state index contributed by atoms with van der Waals surface area (Å²) in [6, 6.07) is 10.8. The van der Waals surface area contributed by atoms with Crippen molar-refractivity contribution in [2.45, 2.75) is 39.0 Å². The molecule has 1 nitrogen and oxygen atoms in total. The Morgan fingerprint density at radius 1 is 1.17 bits per heavy atom. The van der Waals surface area contributed by atoms with Crippen molar-refractivity contribution < 1.29 is 4.79 Å². The zero-order valence-electron chi connectivity index (χ0n) is 10.8. The van der Waals surface area contributed by atoms with Crippen LogP contribution in [0.4, 0.5) is 0 Å². The monoisotopic (exact) mass is 238 g/mol. The summed E-state index contributed by atoms with van der Waals surface area (Å²) in [7, 11) is 0. The Balaban J connectivity index is 2.23. The molecule has 0 spiro atoms. The lowest BCUT2D eigenvalue weighted by atomic mass is 9.87. The number of hydrogen-bond donors (Lipinski definition) is 0. The summed E-state index contributed by atoms with van der Waals surface area (Å²) in [5.74, 6) is 0.319. The number of fused-ring (bicyclic) bond motifs is 2.